The van der Waals surface area contributed by atoms with Crippen molar-refractivity contribution in [2.45, 2.75) is 56.7 Å². The fraction of sp³-hybridized carbons (Fsp3) is 0.933. The van der Waals surface area contributed by atoms with Crippen molar-refractivity contribution in [3.8, 4) is 0 Å². The molecule has 0 aromatic carbocycles. The molecular weight excluding hydrogens is 254 g/mol. The molecular formula is C15H29N3O2. The standard InChI is InChI=1S/C15H29N3O2/c1-11(12-4-5-12)18(8-9-20-3)13-6-7-15(10-13,17-2)14(16)19/h11-13,17H,4-10H2,1-3H3,(H2,16,19). The molecule has 2 saturated carbocycles. The minimum absolute atomic E-state index is 0.215. The highest BCUT2D eigenvalue weighted by Crippen LogP contribution is 2.40. The van der Waals surface area contributed by atoms with Crippen LogP contribution < -0.4 is 11.1 Å². The zero-order valence-electron chi connectivity index (χ0n) is 13.0. The molecule has 0 spiro atoms. The number of ether oxygens (including phenoxy) is 1. The molecule has 2 aliphatic carbocycles. The first-order valence-corrected chi connectivity index (χ1v) is 7.77. The molecule has 3 atom stereocenters. The van der Waals surface area contributed by atoms with E-state index in [4.69, 9.17) is 10.5 Å². The Morgan fingerprint density at radius 3 is 2.65 bits per heavy atom. The summed E-state index contributed by atoms with van der Waals surface area (Å²) in [7, 11) is 3.59. The normalized spacial score (nSPS) is 31.7. The highest BCUT2D eigenvalue weighted by atomic mass is 16.5. The summed E-state index contributed by atoms with van der Waals surface area (Å²) in [6.07, 6.45) is 5.36. The number of carbonyl (C=O) groups excluding carboxylic acids is 1. The third-order valence-corrected chi connectivity index (χ3v) is 5.29. The number of carbonyl (C=O) groups is 1. The Labute approximate surface area is 122 Å². The lowest BCUT2D eigenvalue weighted by Crippen LogP contribution is -2.54. The van der Waals surface area contributed by atoms with Gasteiger partial charge in [0.2, 0.25) is 5.91 Å². The molecule has 2 rings (SSSR count). The molecule has 0 aliphatic heterocycles. The Balaban J connectivity index is 2.04. The Hall–Kier alpha value is -0.650. The van der Waals surface area contributed by atoms with Gasteiger partial charge in [-0.15, -0.1) is 0 Å². The Kier molecular flexibility index (Phi) is 5.04. The lowest BCUT2D eigenvalue weighted by Gasteiger charge is -2.35. The van der Waals surface area contributed by atoms with Crippen molar-refractivity contribution in [1.29, 1.82) is 0 Å². The van der Waals surface area contributed by atoms with Gasteiger partial charge in [-0.05, 0) is 52.0 Å². The first kappa shape index (κ1) is 15.7. The smallest absolute Gasteiger partial charge is 0.237 e. The third kappa shape index (κ3) is 3.15. The van der Waals surface area contributed by atoms with Crippen molar-refractivity contribution in [1.82, 2.24) is 10.2 Å². The third-order valence-electron chi connectivity index (χ3n) is 5.29. The van der Waals surface area contributed by atoms with Gasteiger partial charge in [0.15, 0.2) is 0 Å². The summed E-state index contributed by atoms with van der Waals surface area (Å²) in [5.41, 5.74) is 5.09. The van der Waals surface area contributed by atoms with Crippen molar-refractivity contribution in [3.63, 3.8) is 0 Å². The van der Waals surface area contributed by atoms with Crippen molar-refractivity contribution in [3.05, 3.63) is 0 Å². The fourth-order valence-electron chi connectivity index (χ4n) is 3.64. The van der Waals surface area contributed by atoms with Crippen LogP contribution in [0.1, 0.15) is 39.0 Å². The predicted octanol–water partition coefficient (Wildman–Crippen LogP) is 0.729. The van der Waals surface area contributed by atoms with Crippen LogP contribution in [-0.2, 0) is 9.53 Å². The monoisotopic (exact) mass is 283 g/mol. The average Bonchev–Trinajstić information content (AvgIpc) is 3.19. The molecule has 0 aromatic heterocycles. The molecule has 3 N–H and O–H groups in total. The largest absolute Gasteiger partial charge is 0.383 e. The van der Waals surface area contributed by atoms with Gasteiger partial charge in [-0.1, -0.05) is 0 Å². The first-order valence-electron chi connectivity index (χ1n) is 7.77. The number of nitrogens with zero attached hydrogens (tertiary/aromatic N) is 1. The van der Waals surface area contributed by atoms with Gasteiger partial charge in [0.25, 0.3) is 0 Å². The van der Waals surface area contributed by atoms with E-state index in [1.54, 1.807) is 7.11 Å². The van der Waals surface area contributed by atoms with Gasteiger partial charge in [-0.2, -0.15) is 0 Å². The van der Waals surface area contributed by atoms with E-state index in [1.807, 2.05) is 7.05 Å². The maximum Gasteiger partial charge on any atom is 0.237 e. The first-order chi connectivity index (χ1) is 9.54. The van der Waals surface area contributed by atoms with E-state index in [2.05, 4.69) is 17.1 Å². The lowest BCUT2D eigenvalue weighted by atomic mass is 9.96. The van der Waals surface area contributed by atoms with Crippen LogP contribution in [-0.4, -0.2) is 55.7 Å². The Morgan fingerprint density at radius 2 is 2.20 bits per heavy atom. The van der Waals surface area contributed by atoms with Gasteiger partial charge in [0.1, 0.15) is 0 Å². The molecule has 5 heteroatoms. The van der Waals surface area contributed by atoms with Gasteiger partial charge in [-0.25, -0.2) is 0 Å². The SMILES string of the molecule is CNC1(C(N)=O)CCC(N(CCOC)C(C)C2CC2)C1. The zero-order valence-corrected chi connectivity index (χ0v) is 13.0. The number of likely N-dealkylation sites (N-methyl/N-ethyl adjacent to an activating group) is 1. The quantitative estimate of drug-likeness (QED) is 0.689. The minimum Gasteiger partial charge on any atom is -0.383 e. The summed E-state index contributed by atoms with van der Waals surface area (Å²) < 4.78 is 5.26. The second-order valence-electron chi connectivity index (χ2n) is 6.40. The van der Waals surface area contributed by atoms with Gasteiger partial charge >= 0.3 is 0 Å². The molecule has 2 aliphatic rings. The fourth-order valence-corrected chi connectivity index (χ4v) is 3.64. The van der Waals surface area contributed by atoms with Gasteiger partial charge in [0, 0.05) is 25.7 Å². The highest BCUT2D eigenvalue weighted by Gasteiger charge is 2.46. The molecule has 0 aromatic rings. The number of amides is 1. The molecule has 3 unspecified atom stereocenters. The summed E-state index contributed by atoms with van der Waals surface area (Å²) in [5.74, 6) is 0.610. The Morgan fingerprint density at radius 1 is 1.50 bits per heavy atom. The van der Waals surface area contributed by atoms with Crippen molar-refractivity contribution in [2.75, 3.05) is 27.3 Å². The van der Waals surface area contributed by atoms with Crippen LogP contribution in [0, 0.1) is 5.92 Å². The summed E-state index contributed by atoms with van der Waals surface area (Å²) in [6, 6.07) is 1.01. The number of methoxy groups -OCH3 is 1. The number of nitrogens with two attached hydrogens (primary N) is 1. The van der Waals surface area contributed by atoms with Crippen LogP contribution in [0.5, 0.6) is 0 Å². The van der Waals surface area contributed by atoms with Gasteiger partial charge in [0.05, 0.1) is 12.1 Å². The zero-order chi connectivity index (χ0) is 14.8. The van der Waals surface area contributed by atoms with Crippen LogP contribution in [0.2, 0.25) is 0 Å². The number of rotatable bonds is 8. The molecule has 0 bridgehead atoms. The van der Waals surface area contributed by atoms with Crippen LogP contribution in [0.4, 0.5) is 0 Å². The van der Waals surface area contributed by atoms with Gasteiger partial charge in [-0.3, -0.25) is 9.69 Å². The lowest BCUT2D eigenvalue weighted by molar-refractivity contribution is -0.124. The Bertz CT molecular complexity index is 346. The molecule has 20 heavy (non-hydrogen) atoms. The maximum absolute atomic E-state index is 11.8. The minimum atomic E-state index is -0.515. The molecule has 116 valence electrons. The topological polar surface area (TPSA) is 67.6 Å². The van der Waals surface area contributed by atoms with Crippen molar-refractivity contribution >= 4 is 5.91 Å². The van der Waals surface area contributed by atoms with E-state index in [0.29, 0.717) is 12.1 Å². The van der Waals surface area contributed by atoms with Crippen LogP contribution in [0.25, 0.3) is 0 Å². The van der Waals surface area contributed by atoms with E-state index in [0.717, 1.165) is 38.3 Å². The molecule has 0 saturated heterocycles. The maximum atomic E-state index is 11.8. The number of hydrogen-bond donors (Lipinski definition) is 2. The van der Waals surface area contributed by atoms with E-state index in [9.17, 15) is 4.79 Å². The van der Waals surface area contributed by atoms with Crippen LogP contribution in [0.3, 0.4) is 0 Å². The number of hydrogen-bond acceptors (Lipinski definition) is 4. The molecule has 0 radical (unpaired) electrons. The van der Waals surface area contributed by atoms with E-state index >= 15 is 0 Å². The summed E-state index contributed by atoms with van der Waals surface area (Å²) in [5, 5.41) is 3.17. The summed E-state index contributed by atoms with van der Waals surface area (Å²) in [6.45, 7) is 4.01. The number of nitrogens with one attached hydrogen (secondary N) is 1. The van der Waals surface area contributed by atoms with Crippen LogP contribution in [0.15, 0.2) is 0 Å². The molecule has 5 nitrogen and oxygen atoms in total. The molecule has 0 heterocycles. The van der Waals surface area contributed by atoms with Crippen molar-refractivity contribution in [2.24, 2.45) is 11.7 Å². The predicted molar refractivity (Wildman–Crippen MR) is 79.4 cm³/mol. The van der Waals surface area contributed by atoms with Crippen molar-refractivity contribution < 1.29 is 9.53 Å². The number of primary amides is 1. The summed E-state index contributed by atoms with van der Waals surface area (Å²) in [4.78, 5) is 14.3. The average molecular weight is 283 g/mol. The second-order valence-corrected chi connectivity index (χ2v) is 6.40. The van der Waals surface area contributed by atoms with Crippen LogP contribution >= 0.6 is 0 Å². The highest BCUT2D eigenvalue weighted by molar-refractivity contribution is 5.85. The summed E-state index contributed by atoms with van der Waals surface area (Å²) >= 11 is 0. The second kappa shape index (κ2) is 6.41. The van der Waals surface area contributed by atoms with E-state index in [-0.39, 0.29) is 5.91 Å². The molecule has 2 fully saturated rings. The molecule has 1 amide bonds. The van der Waals surface area contributed by atoms with E-state index < -0.39 is 5.54 Å². The van der Waals surface area contributed by atoms with Gasteiger partial charge < -0.3 is 15.8 Å². The van der Waals surface area contributed by atoms with E-state index in [1.165, 1.54) is 12.8 Å².